The van der Waals surface area contributed by atoms with E-state index >= 15 is 0 Å². The monoisotopic (exact) mass is 316 g/mol. The highest BCUT2D eigenvalue weighted by molar-refractivity contribution is 9.10. The average Bonchev–Trinajstić information content (AvgIpc) is 2.33. The normalized spacial score (nSPS) is 18.7. The SMILES string of the molecule is O=C(CCl)NC1CCc2ncc(Br)cc2C1=O. The zero-order valence-electron chi connectivity index (χ0n) is 8.87. The van der Waals surface area contributed by atoms with Gasteiger partial charge in [-0.2, -0.15) is 0 Å². The van der Waals surface area contributed by atoms with E-state index in [9.17, 15) is 9.59 Å². The van der Waals surface area contributed by atoms with Crippen LogP contribution in [0.3, 0.4) is 0 Å². The van der Waals surface area contributed by atoms with Gasteiger partial charge >= 0.3 is 0 Å². The second-order valence-electron chi connectivity index (χ2n) is 3.80. The summed E-state index contributed by atoms with van der Waals surface area (Å²) in [6.07, 6.45) is 2.93. The van der Waals surface area contributed by atoms with E-state index in [1.54, 1.807) is 12.3 Å². The van der Waals surface area contributed by atoms with E-state index < -0.39 is 6.04 Å². The van der Waals surface area contributed by atoms with Crippen molar-refractivity contribution < 1.29 is 9.59 Å². The molecule has 0 saturated carbocycles. The molecule has 4 nitrogen and oxygen atoms in total. The molecule has 1 heterocycles. The van der Waals surface area contributed by atoms with Crippen molar-refractivity contribution in [3.05, 3.63) is 28.0 Å². The smallest absolute Gasteiger partial charge is 0.235 e. The Labute approximate surface area is 112 Å². The minimum Gasteiger partial charge on any atom is -0.345 e. The van der Waals surface area contributed by atoms with Gasteiger partial charge in [-0.25, -0.2) is 0 Å². The molecule has 17 heavy (non-hydrogen) atoms. The number of alkyl halides is 1. The molecular formula is C11H10BrClN2O2. The topological polar surface area (TPSA) is 59.1 Å². The van der Waals surface area contributed by atoms with E-state index in [-0.39, 0.29) is 17.6 Å². The van der Waals surface area contributed by atoms with E-state index in [1.807, 2.05) is 0 Å². The molecule has 1 amide bonds. The number of hydrogen-bond donors (Lipinski definition) is 1. The third-order valence-corrected chi connectivity index (χ3v) is 3.32. The lowest BCUT2D eigenvalue weighted by molar-refractivity contribution is -0.119. The lowest BCUT2D eigenvalue weighted by atomic mass is 9.90. The average molecular weight is 318 g/mol. The molecule has 0 aliphatic heterocycles. The van der Waals surface area contributed by atoms with E-state index in [4.69, 9.17) is 11.6 Å². The number of halogens is 2. The maximum Gasteiger partial charge on any atom is 0.235 e. The van der Waals surface area contributed by atoms with Crippen LogP contribution in [0.2, 0.25) is 0 Å². The van der Waals surface area contributed by atoms with Crippen LogP contribution >= 0.6 is 27.5 Å². The minimum atomic E-state index is -0.482. The molecule has 0 aromatic carbocycles. The number of carbonyl (C=O) groups excluding carboxylic acids is 2. The molecule has 1 unspecified atom stereocenters. The summed E-state index contributed by atoms with van der Waals surface area (Å²) in [7, 11) is 0. The number of rotatable bonds is 2. The van der Waals surface area contributed by atoms with Crippen molar-refractivity contribution in [3.63, 3.8) is 0 Å². The largest absolute Gasteiger partial charge is 0.345 e. The number of amides is 1. The van der Waals surface area contributed by atoms with Crippen molar-refractivity contribution in [3.8, 4) is 0 Å². The first-order chi connectivity index (χ1) is 8.11. The molecule has 0 radical (unpaired) electrons. The molecule has 1 aromatic rings. The third kappa shape index (κ3) is 2.66. The highest BCUT2D eigenvalue weighted by atomic mass is 79.9. The Kier molecular flexibility index (Phi) is 3.79. The first-order valence-corrected chi connectivity index (χ1v) is 6.48. The Balaban J connectivity index is 2.23. The number of carbonyl (C=O) groups is 2. The molecule has 1 aliphatic rings. The second kappa shape index (κ2) is 5.14. The van der Waals surface area contributed by atoms with Crippen LogP contribution in [0.15, 0.2) is 16.7 Å². The number of pyridine rings is 1. The zero-order chi connectivity index (χ0) is 12.4. The summed E-state index contributed by atoms with van der Waals surface area (Å²) in [4.78, 5) is 27.5. The number of aromatic nitrogens is 1. The maximum absolute atomic E-state index is 12.1. The van der Waals surface area contributed by atoms with E-state index in [1.165, 1.54) is 0 Å². The number of nitrogens with one attached hydrogen (secondary N) is 1. The van der Waals surface area contributed by atoms with Crippen LogP contribution in [0, 0.1) is 0 Å². The molecule has 0 bridgehead atoms. The van der Waals surface area contributed by atoms with Gasteiger partial charge in [0.25, 0.3) is 0 Å². The number of nitrogens with zero attached hydrogens (tertiary/aromatic N) is 1. The first kappa shape index (κ1) is 12.5. The highest BCUT2D eigenvalue weighted by Gasteiger charge is 2.29. The summed E-state index contributed by atoms with van der Waals surface area (Å²) in [6.45, 7) is 0. The van der Waals surface area contributed by atoms with Crippen molar-refractivity contribution in [2.75, 3.05) is 5.88 Å². The van der Waals surface area contributed by atoms with Crippen LogP contribution in [0.4, 0.5) is 0 Å². The Morgan fingerprint density at radius 3 is 3.12 bits per heavy atom. The van der Waals surface area contributed by atoms with Crippen LogP contribution in [0.25, 0.3) is 0 Å². The second-order valence-corrected chi connectivity index (χ2v) is 4.99. The summed E-state index contributed by atoms with van der Waals surface area (Å²) in [5.41, 5.74) is 1.36. The Morgan fingerprint density at radius 1 is 1.65 bits per heavy atom. The van der Waals surface area contributed by atoms with Gasteiger partial charge in [0.15, 0.2) is 5.78 Å². The first-order valence-electron chi connectivity index (χ1n) is 5.16. The molecule has 2 rings (SSSR count). The molecule has 0 fully saturated rings. The van der Waals surface area contributed by atoms with Crippen molar-refractivity contribution in [2.45, 2.75) is 18.9 Å². The fraction of sp³-hybridized carbons (Fsp3) is 0.364. The quantitative estimate of drug-likeness (QED) is 0.845. The summed E-state index contributed by atoms with van der Waals surface area (Å²) >= 11 is 8.68. The van der Waals surface area contributed by atoms with E-state index in [2.05, 4.69) is 26.2 Å². The summed E-state index contributed by atoms with van der Waals surface area (Å²) in [6, 6.07) is 1.26. The van der Waals surface area contributed by atoms with Crippen molar-refractivity contribution >= 4 is 39.2 Å². The van der Waals surface area contributed by atoms with Crippen molar-refractivity contribution in [1.29, 1.82) is 0 Å². The van der Waals surface area contributed by atoms with Crippen LogP contribution in [-0.4, -0.2) is 28.6 Å². The lowest BCUT2D eigenvalue weighted by Gasteiger charge is -2.23. The van der Waals surface area contributed by atoms with Gasteiger partial charge < -0.3 is 5.32 Å². The standard InChI is InChI=1S/C11H10BrClN2O2/c12-6-3-7-8(14-5-6)1-2-9(11(7)17)15-10(16)4-13/h3,5,9H,1-2,4H2,(H,15,16). The Bertz CT molecular complexity index is 479. The Hall–Kier alpha value is -0.940. The van der Waals surface area contributed by atoms with Crippen LogP contribution in [0.5, 0.6) is 0 Å². The molecule has 0 spiro atoms. The highest BCUT2D eigenvalue weighted by Crippen LogP contribution is 2.22. The molecule has 90 valence electrons. The van der Waals surface area contributed by atoms with Gasteiger partial charge in [0.1, 0.15) is 5.88 Å². The predicted molar refractivity (Wildman–Crippen MR) is 67.2 cm³/mol. The number of hydrogen-bond acceptors (Lipinski definition) is 3. The molecular weight excluding hydrogens is 307 g/mol. The van der Waals surface area contributed by atoms with Gasteiger partial charge in [-0.3, -0.25) is 14.6 Å². The van der Waals surface area contributed by atoms with Crippen LogP contribution in [-0.2, 0) is 11.2 Å². The minimum absolute atomic E-state index is 0.0986. The number of aryl methyl sites for hydroxylation is 1. The van der Waals surface area contributed by atoms with Gasteiger partial charge in [-0.15, -0.1) is 11.6 Å². The van der Waals surface area contributed by atoms with Gasteiger partial charge in [-0.1, -0.05) is 0 Å². The molecule has 1 aromatic heterocycles. The summed E-state index contributed by atoms with van der Waals surface area (Å²) in [5, 5.41) is 2.62. The van der Waals surface area contributed by atoms with Gasteiger partial charge in [0.2, 0.25) is 5.91 Å². The van der Waals surface area contributed by atoms with Gasteiger partial charge in [-0.05, 0) is 34.8 Å². The number of Topliss-reactive ketones (excluding diaryl/α,β-unsaturated/α-hetero) is 1. The van der Waals surface area contributed by atoms with E-state index in [0.717, 1.165) is 10.2 Å². The van der Waals surface area contributed by atoms with Crippen molar-refractivity contribution in [1.82, 2.24) is 10.3 Å². The fourth-order valence-corrected chi connectivity index (χ4v) is 2.26. The summed E-state index contributed by atoms with van der Waals surface area (Å²) in [5.74, 6) is -0.553. The molecule has 1 atom stereocenters. The van der Waals surface area contributed by atoms with Crippen molar-refractivity contribution in [2.24, 2.45) is 0 Å². The number of fused-ring (bicyclic) bond motifs is 1. The van der Waals surface area contributed by atoms with Gasteiger partial charge in [0.05, 0.1) is 11.7 Å². The fourth-order valence-electron chi connectivity index (χ4n) is 1.85. The zero-order valence-corrected chi connectivity index (χ0v) is 11.2. The van der Waals surface area contributed by atoms with Crippen LogP contribution < -0.4 is 5.32 Å². The molecule has 0 saturated heterocycles. The van der Waals surface area contributed by atoms with E-state index in [0.29, 0.717) is 18.4 Å². The predicted octanol–water partition coefficient (Wildman–Crippen LogP) is 1.70. The Morgan fingerprint density at radius 2 is 2.41 bits per heavy atom. The lowest BCUT2D eigenvalue weighted by Crippen LogP contribution is -2.44. The van der Waals surface area contributed by atoms with Gasteiger partial charge in [0, 0.05) is 16.2 Å². The maximum atomic E-state index is 12.1. The van der Waals surface area contributed by atoms with Crippen LogP contribution in [0.1, 0.15) is 22.5 Å². The molecule has 1 aliphatic carbocycles. The number of ketones is 1. The third-order valence-electron chi connectivity index (χ3n) is 2.65. The summed E-state index contributed by atoms with van der Waals surface area (Å²) < 4.78 is 0.758. The molecule has 1 N–H and O–H groups in total. The molecule has 6 heteroatoms.